The van der Waals surface area contributed by atoms with E-state index in [1.54, 1.807) is 12.1 Å². The molecule has 0 saturated heterocycles. The third-order valence-electron chi connectivity index (χ3n) is 4.28. The van der Waals surface area contributed by atoms with Crippen LogP contribution in [0.5, 0.6) is 0 Å². The van der Waals surface area contributed by atoms with Crippen LogP contribution in [0.3, 0.4) is 0 Å². The highest BCUT2D eigenvalue weighted by molar-refractivity contribution is 7.89. The number of benzene rings is 2. The highest BCUT2D eigenvalue weighted by Gasteiger charge is 2.27. The molecule has 2 aromatic carbocycles. The molecule has 1 heterocycles. The van der Waals surface area contributed by atoms with Gasteiger partial charge in [0.05, 0.1) is 15.6 Å². The molecular formula is C19H18ClFN2O3S. The molecule has 0 fully saturated rings. The topological polar surface area (TPSA) is 66.5 Å². The predicted molar refractivity (Wildman–Crippen MR) is 104 cm³/mol. The summed E-state index contributed by atoms with van der Waals surface area (Å²) < 4.78 is 40.1. The van der Waals surface area contributed by atoms with Crippen molar-refractivity contribution in [2.75, 3.05) is 18.4 Å². The lowest BCUT2D eigenvalue weighted by molar-refractivity contribution is -0.114. The van der Waals surface area contributed by atoms with Gasteiger partial charge in [0.2, 0.25) is 15.9 Å². The Morgan fingerprint density at radius 3 is 2.44 bits per heavy atom. The van der Waals surface area contributed by atoms with E-state index in [2.05, 4.69) is 5.32 Å². The summed E-state index contributed by atoms with van der Waals surface area (Å²) in [6, 6.07) is 10.4. The van der Waals surface area contributed by atoms with Gasteiger partial charge in [0, 0.05) is 20.0 Å². The standard InChI is InChI=1S/C19H18ClFN2O3S/c1-13(24)22-19-7-6-17(12-18(19)20)27(25,26)23-10-8-15(9-11-23)14-2-4-16(21)5-3-14/h2-8,12H,9-11H2,1H3,(H,22,24). The lowest BCUT2D eigenvalue weighted by Gasteiger charge is -2.26. The summed E-state index contributed by atoms with van der Waals surface area (Å²) in [4.78, 5) is 11.2. The zero-order valence-corrected chi connectivity index (χ0v) is 16.1. The maximum atomic E-state index is 13.0. The van der Waals surface area contributed by atoms with Crippen LogP contribution >= 0.6 is 11.6 Å². The van der Waals surface area contributed by atoms with Gasteiger partial charge in [-0.3, -0.25) is 4.79 Å². The van der Waals surface area contributed by atoms with Crippen LogP contribution in [0.1, 0.15) is 18.9 Å². The normalized spacial score (nSPS) is 15.3. The van der Waals surface area contributed by atoms with Gasteiger partial charge in [-0.25, -0.2) is 12.8 Å². The molecule has 1 amide bonds. The fourth-order valence-electron chi connectivity index (χ4n) is 2.89. The predicted octanol–water partition coefficient (Wildman–Crippen LogP) is 3.92. The van der Waals surface area contributed by atoms with Crippen LogP contribution in [-0.4, -0.2) is 31.7 Å². The van der Waals surface area contributed by atoms with E-state index in [1.165, 1.54) is 41.6 Å². The Balaban J connectivity index is 1.79. The molecule has 27 heavy (non-hydrogen) atoms. The average molecular weight is 409 g/mol. The SMILES string of the molecule is CC(=O)Nc1ccc(S(=O)(=O)N2CC=C(c3ccc(F)cc3)CC2)cc1Cl. The number of rotatable bonds is 4. The maximum absolute atomic E-state index is 13.0. The van der Waals surface area contributed by atoms with Gasteiger partial charge in [0.1, 0.15) is 5.82 Å². The number of sulfonamides is 1. The van der Waals surface area contributed by atoms with Gasteiger partial charge in [-0.15, -0.1) is 0 Å². The molecule has 1 N–H and O–H groups in total. The Morgan fingerprint density at radius 1 is 1.19 bits per heavy atom. The van der Waals surface area contributed by atoms with Gasteiger partial charge in [0.25, 0.3) is 0 Å². The van der Waals surface area contributed by atoms with Crippen LogP contribution in [0, 0.1) is 5.82 Å². The zero-order chi connectivity index (χ0) is 19.6. The van der Waals surface area contributed by atoms with Crippen molar-refractivity contribution in [1.29, 1.82) is 0 Å². The van der Waals surface area contributed by atoms with Gasteiger partial charge in [-0.1, -0.05) is 29.8 Å². The van der Waals surface area contributed by atoms with Crippen molar-refractivity contribution in [1.82, 2.24) is 4.31 Å². The maximum Gasteiger partial charge on any atom is 0.243 e. The fourth-order valence-corrected chi connectivity index (χ4v) is 4.59. The summed E-state index contributed by atoms with van der Waals surface area (Å²) in [6.45, 7) is 1.89. The molecule has 3 rings (SSSR count). The quantitative estimate of drug-likeness (QED) is 0.833. The molecular weight excluding hydrogens is 391 g/mol. The van der Waals surface area contributed by atoms with E-state index in [9.17, 15) is 17.6 Å². The van der Waals surface area contributed by atoms with Crippen molar-refractivity contribution in [2.24, 2.45) is 0 Å². The number of hydrogen-bond acceptors (Lipinski definition) is 3. The Kier molecular flexibility index (Phi) is 5.64. The second kappa shape index (κ2) is 7.80. The lowest BCUT2D eigenvalue weighted by Crippen LogP contribution is -2.34. The van der Waals surface area contributed by atoms with Gasteiger partial charge in [-0.2, -0.15) is 4.31 Å². The molecule has 0 radical (unpaired) electrons. The number of nitrogens with zero attached hydrogens (tertiary/aromatic N) is 1. The molecule has 0 unspecified atom stereocenters. The van der Waals surface area contributed by atoms with Crippen LogP contribution < -0.4 is 5.32 Å². The number of carbonyl (C=O) groups excluding carboxylic acids is 1. The largest absolute Gasteiger partial charge is 0.325 e. The molecule has 5 nitrogen and oxygen atoms in total. The number of halogens is 2. The molecule has 0 aromatic heterocycles. The highest BCUT2D eigenvalue weighted by Crippen LogP contribution is 2.29. The Labute approximate surface area is 162 Å². The number of anilines is 1. The third kappa shape index (κ3) is 4.37. The summed E-state index contributed by atoms with van der Waals surface area (Å²) in [7, 11) is -3.71. The first-order valence-corrected chi connectivity index (χ1v) is 10.1. The number of carbonyl (C=O) groups is 1. The van der Waals surface area contributed by atoms with E-state index in [0.29, 0.717) is 18.7 Å². The van der Waals surface area contributed by atoms with E-state index in [4.69, 9.17) is 11.6 Å². The monoisotopic (exact) mass is 408 g/mol. The van der Waals surface area contributed by atoms with Crippen molar-refractivity contribution >= 4 is 38.8 Å². The van der Waals surface area contributed by atoms with Crippen molar-refractivity contribution in [3.05, 3.63) is 64.9 Å². The minimum Gasteiger partial charge on any atom is -0.325 e. The lowest BCUT2D eigenvalue weighted by atomic mass is 10.0. The zero-order valence-electron chi connectivity index (χ0n) is 14.6. The molecule has 0 atom stereocenters. The summed E-state index contributed by atoms with van der Waals surface area (Å²) in [5, 5.41) is 2.70. The second-order valence-electron chi connectivity index (χ2n) is 6.17. The first-order valence-electron chi connectivity index (χ1n) is 8.29. The fraction of sp³-hybridized carbons (Fsp3) is 0.211. The Morgan fingerprint density at radius 2 is 1.89 bits per heavy atom. The summed E-state index contributed by atoms with van der Waals surface area (Å²) in [6.07, 6.45) is 2.37. The minimum atomic E-state index is -3.71. The van der Waals surface area contributed by atoms with Crippen molar-refractivity contribution < 1.29 is 17.6 Å². The highest BCUT2D eigenvalue weighted by atomic mass is 35.5. The summed E-state index contributed by atoms with van der Waals surface area (Å²) in [5.74, 6) is -0.596. The van der Waals surface area contributed by atoms with Crippen LogP contribution in [0.4, 0.5) is 10.1 Å². The first kappa shape index (κ1) is 19.5. The molecule has 0 spiro atoms. The van der Waals surface area contributed by atoms with Crippen molar-refractivity contribution in [3.63, 3.8) is 0 Å². The average Bonchev–Trinajstić information content (AvgIpc) is 2.64. The molecule has 142 valence electrons. The molecule has 0 aliphatic carbocycles. The smallest absolute Gasteiger partial charge is 0.243 e. The number of hydrogen-bond donors (Lipinski definition) is 1. The van der Waals surface area contributed by atoms with Crippen LogP contribution in [0.15, 0.2) is 53.4 Å². The van der Waals surface area contributed by atoms with Gasteiger partial charge >= 0.3 is 0 Å². The van der Waals surface area contributed by atoms with Gasteiger partial charge in [-0.05, 0) is 47.9 Å². The van der Waals surface area contributed by atoms with E-state index >= 15 is 0 Å². The minimum absolute atomic E-state index is 0.0697. The van der Waals surface area contributed by atoms with Gasteiger partial charge in [0.15, 0.2) is 0 Å². The molecule has 2 aromatic rings. The number of nitrogens with one attached hydrogen (secondary N) is 1. The van der Waals surface area contributed by atoms with Crippen molar-refractivity contribution in [2.45, 2.75) is 18.2 Å². The number of amides is 1. The second-order valence-corrected chi connectivity index (χ2v) is 8.52. The molecule has 1 aliphatic rings. The van der Waals surface area contributed by atoms with Gasteiger partial charge < -0.3 is 5.32 Å². The molecule has 0 bridgehead atoms. The van der Waals surface area contributed by atoms with Crippen LogP contribution in [0.2, 0.25) is 5.02 Å². The van der Waals surface area contributed by atoms with E-state index in [-0.39, 0.29) is 28.2 Å². The molecule has 8 heteroatoms. The summed E-state index contributed by atoms with van der Waals surface area (Å²) in [5.41, 5.74) is 2.23. The van der Waals surface area contributed by atoms with E-state index < -0.39 is 10.0 Å². The Bertz CT molecular complexity index is 1000. The van der Waals surface area contributed by atoms with Crippen molar-refractivity contribution in [3.8, 4) is 0 Å². The van der Waals surface area contributed by atoms with Crippen LogP contribution in [0.25, 0.3) is 5.57 Å². The Hall–Kier alpha value is -2.22. The third-order valence-corrected chi connectivity index (χ3v) is 6.45. The molecule has 1 aliphatic heterocycles. The first-order chi connectivity index (χ1) is 12.8. The van der Waals surface area contributed by atoms with E-state index in [0.717, 1.165) is 11.1 Å². The van der Waals surface area contributed by atoms with E-state index in [1.807, 2.05) is 6.08 Å². The molecule has 0 saturated carbocycles. The summed E-state index contributed by atoms with van der Waals surface area (Å²) >= 11 is 6.09. The van der Waals surface area contributed by atoms with Crippen LogP contribution in [-0.2, 0) is 14.8 Å².